The lowest BCUT2D eigenvalue weighted by Crippen LogP contribution is -2.61. The van der Waals surface area contributed by atoms with Crippen LogP contribution in [-0.2, 0) is 32.0 Å². The number of phosphoric acid groups is 2. The van der Waals surface area contributed by atoms with E-state index in [1.807, 2.05) is 0 Å². The number of nitrogens with two attached hydrogens (primary N) is 1. The van der Waals surface area contributed by atoms with Crippen molar-refractivity contribution in [1.29, 1.82) is 0 Å². The van der Waals surface area contributed by atoms with Crippen molar-refractivity contribution in [2.45, 2.75) is 61.3 Å². The molecule has 2 aromatic heterocycles. The van der Waals surface area contributed by atoms with Gasteiger partial charge in [-0.3, -0.25) is 13.6 Å². The fourth-order valence-corrected chi connectivity index (χ4v) is 6.17. The molecular weight excluding hydrogens is 592 g/mol. The summed E-state index contributed by atoms with van der Waals surface area (Å²) >= 11 is 0. The number of imidazole rings is 1. The lowest BCUT2D eigenvalue weighted by molar-refractivity contribution is -0.292. The Balaban J connectivity index is 1.38. The van der Waals surface area contributed by atoms with E-state index in [1.54, 1.807) is 0 Å². The summed E-state index contributed by atoms with van der Waals surface area (Å²) in [5.41, 5.74) is 6.03. The molecule has 40 heavy (non-hydrogen) atoms. The summed E-state index contributed by atoms with van der Waals surface area (Å²) in [6.45, 7) is -1.95. The van der Waals surface area contributed by atoms with Crippen LogP contribution in [0.15, 0.2) is 12.7 Å². The van der Waals surface area contributed by atoms with E-state index in [-0.39, 0.29) is 17.0 Å². The number of fused-ring (bicyclic) bond motifs is 1. The number of aliphatic hydroxyl groups is 7. The van der Waals surface area contributed by atoms with Gasteiger partial charge in [-0.25, -0.2) is 24.1 Å². The van der Waals surface area contributed by atoms with E-state index in [4.69, 9.17) is 20.3 Å². The molecule has 2 aliphatic heterocycles. The zero-order valence-corrected chi connectivity index (χ0v) is 21.8. The van der Waals surface area contributed by atoms with E-state index in [0.717, 1.165) is 6.33 Å². The van der Waals surface area contributed by atoms with E-state index >= 15 is 0 Å². The van der Waals surface area contributed by atoms with Crippen LogP contribution in [0.2, 0.25) is 0 Å². The maximum absolute atomic E-state index is 12.3. The molecule has 0 radical (unpaired) electrons. The van der Waals surface area contributed by atoms with Crippen molar-refractivity contribution < 1.29 is 77.5 Å². The molecule has 0 aliphatic carbocycles. The molecule has 4 heterocycles. The molecule has 226 valence electrons. The Labute approximate surface area is 223 Å². The lowest BCUT2D eigenvalue weighted by Gasteiger charge is -2.41. The van der Waals surface area contributed by atoms with Crippen LogP contribution in [-0.4, -0.2) is 133 Å². The maximum Gasteiger partial charge on any atom is 0.483 e. The molecule has 2 saturated heterocycles. The van der Waals surface area contributed by atoms with Crippen molar-refractivity contribution in [3.63, 3.8) is 0 Å². The van der Waals surface area contributed by atoms with Gasteiger partial charge < -0.3 is 60.7 Å². The fraction of sp³-hybridized carbons (Fsp3) is 0.706. The number of nitrogen functional groups attached to an aromatic ring is 1. The summed E-state index contributed by atoms with van der Waals surface area (Å²) < 4.78 is 49.6. The van der Waals surface area contributed by atoms with Gasteiger partial charge in [-0.1, -0.05) is 0 Å². The van der Waals surface area contributed by atoms with Crippen molar-refractivity contribution in [2.75, 3.05) is 18.9 Å². The molecule has 11 N–H and O–H groups in total. The van der Waals surface area contributed by atoms with Gasteiger partial charge in [0.2, 0.25) is 0 Å². The fourth-order valence-electron chi connectivity index (χ4n) is 4.01. The number of aliphatic hydroxyl groups excluding tert-OH is 7. The molecule has 23 heteroatoms. The topological polar surface area (TPSA) is 332 Å². The summed E-state index contributed by atoms with van der Waals surface area (Å²) in [5.74, 6) is 0.0302. The quantitative estimate of drug-likeness (QED) is 0.112. The first kappa shape index (κ1) is 31.2. The van der Waals surface area contributed by atoms with E-state index in [2.05, 4.69) is 28.3 Å². The summed E-state index contributed by atoms with van der Waals surface area (Å²) in [5, 5.41) is 69.3. The Morgan fingerprint density at radius 3 is 2.35 bits per heavy atom. The summed E-state index contributed by atoms with van der Waals surface area (Å²) in [6, 6.07) is 0. The smallest absolute Gasteiger partial charge is 0.394 e. The van der Waals surface area contributed by atoms with Crippen LogP contribution in [0.5, 0.6) is 0 Å². The van der Waals surface area contributed by atoms with Gasteiger partial charge in [0, 0.05) is 0 Å². The minimum Gasteiger partial charge on any atom is -0.394 e. The highest BCUT2D eigenvalue weighted by Crippen LogP contribution is 2.61. The Morgan fingerprint density at radius 1 is 0.975 bits per heavy atom. The molecule has 4 rings (SSSR count). The Kier molecular flexibility index (Phi) is 9.25. The highest BCUT2D eigenvalue weighted by molar-refractivity contribution is 7.61. The van der Waals surface area contributed by atoms with Gasteiger partial charge >= 0.3 is 15.6 Å². The number of anilines is 1. The van der Waals surface area contributed by atoms with Crippen LogP contribution < -0.4 is 5.73 Å². The second-order valence-corrected chi connectivity index (χ2v) is 11.7. The molecule has 2 aromatic rings. The second kappa shape index (κ2) is 11.9. The van der Waals surface area contributed by atoms with Gasteiger partial charge in [0.25, 0.3) is 0 Å². The second-order valence-electron chi connectivity index (χ2n) is 8.74. The highest BCUT2D eigenvalue weighted by Gasteiger charge is 2.51. The van der Waals surface area contributed by atoms with E-state index in [1.165, 1.54) is 10.9 Å². The lowest BCUT2D eigenvalue weighted by atomic mass is 9.96. The van der Waals surface area contributed by atoms with Gasteiger partial charge in [0.05, 0.1) is 19.5 Å². The van der Waals surface area contributed by atoms with E-state index in [0.29, 0.717) is 0 Å². The number of hydrogen-bond acceptors (Lipinski definition) is 18. The zero-order valence-electron chi connectivity index (χ0n) is 20.0. The molecule has 12 atom stereocenters. The predicted octanol–water partition coefficient (Wildman–Crippen LogP) is -4.56. The number of nitrogens with zero attached hydrogens (tertiary/aromatic N) is 4. The number of hydrogen-bond donors (Lipinski definition) is 10. The van der Waals surface area contributed by atoms with Gasteiger partial charge in [0.15, 0.2) is 24.0 Å². The molecule has 0 amide bonds. The van der Waals surface area contributed by atoms with E-state index < -0.39 is 90.2 Å². The molecule has 21 nitrogen and oxygen atoms in total. The number of ether oxygens (including phenoxy) is 2. The van der Waals surface area contributed by atoms with Crippen LogP contribution in [0.4, 0.5) is 5.82 Å². The van der Waals surface area contributed by atoms with Gasteiger partial charge in [0.1, 0.15) is 60.7 Å². The summed E-state index contributed by atoms with van der Waals surface area (Å²) in [4.78, 5) is 31.6. The zero-order chi connectivity index (χ0) is 29.6. The van der Waals surface area contributed by atoms with Crippen LogP contribution in [0, 0.1) is 0 Å². The van der Waals surface area contributed by atoms with Crippen LogP contribution >= 0.6 is 15.6 Å². The Bertz CT molecular complexity index is 1290. The van der Waals surface area contributed by atoms with E-state index in [9.17, 15) is 49.6 Å². The monoisotopic (exact) mass is 619 g/mol. The molecule has 0 aromatic carbocycles. The predicted molar refractivity (Wildman–Crippen MR) is 123 cm³/mol. The minimum atomic E-state index is -5.65. The van der Waals surface area contributed by atoms with Crippen molar-refractivity contribution in [3.05, 3.63) is 12.7 Å². The number of aromatic nitrogens is 4. The average Bonchev–Trinajstić information content (AvgIpc) is 3.43. The van der Waals surface area contributed by atoms with Gasteiger partial charge in [-0.2, -0.15) is 4.31 Å². The average molecular weight is 619 g/mol. The highest BCUT2D eigenvalue weighted by atomic mass is 31.3. The molecule has 2 aliphatic rings. The first-order valence-corrected chi connectivity index (χ1v) is 14.3. The van der Waals surface area contributed by atoms with Crippen molar-refractivity contribution in [3.8, 4) is 0 Å². The molecule has 12 unspecified atom stereocenters. The van der Waals surface area contributed by atoms with Crippen molar-refractivity contribution in [1.82, 2.24) is 19.5 Å². The summed E-state index contributed by atoms with van der Waals surface area (Å²) in [7, 11) is -11.2. The third kappa shape index (κ3) is 6.35. The normalized spacial score (nSPS) is 36.8. The molecule has 0 saturated carbocycles. The minimum absolute atomic E-state index is 0.0302. The molecule has 0 spiro atoms. The molecular formula is C17H27N5O16P2. The van der Waals surface area contributed by atoms with Gasteiger partial charge in [-0.05, 0) is 0 Å². The third-order valence-corrected chi connectivity index (χ3v) is 8.62. The van der Waals surface area contributed by atoms with Crippen LogP contribution in [0.25, 0.3) is 11.2 Å². The van der Waals surface area contributed by atoms with Crippen molar-refractivity contribution >= 4 is 32.6 Å². The Morgan fingerprint density at radius 2 is 1.68 bits per heavy atom. The van der Waals surface area contributed by atoms with Crippen molar-refractivity contribution in [2.24, 2.45) is 0 Å². The first-order chi connectivity index (χ1) is 18.7. The van der Waals surface area contributed by atoms with Crippen LogP contribution in [0.1, 0.15) is 6.23 Å². The molecule has 2 fully saturated rings. The molecule has 0 bridgehead atoms. The standard InChI is InChI=1S/C17H27N5O16P2/c18-14-7-15(20-3-19-14)22(4-21-7)16-11(28)8(25)6(35-16)2-34-39(30,31)38-40(32,33)37-17-12(29)9(26)10(27)13(36-17)5(24)1-23/h3-6,8-13,16-17,23-29H,1-2H2,(H,30,31)(H,32,33)(H2,18,19,20). The Hall–Kier alpha value is -1.75. The van der Waals surface area contributed by atoms with Gasteiger partial charge in [-0.15, -0.1) is 0 Å². The number of rotatable bonds is 10. The SMILES string of the molecule is Nc1ncnc2c1ncn2C1OC(COP(=O)(O)OP(=O)(O)OC2OC(C(O)CO)C(O)C(O)C2O)C(O)C1O. The number of phosphoric ester groups is 2. The maximum atomic E-state index is 12.3. The van der Waals surface area contributed by atoms with Crippen LogP contribution in [0.3, 0.4) is 0 Å². The summed E-state index contributed by atoms with van der Waals surface area (Å²) in [6.07, 6.45) is -16.0. The third-order valence-electron chi connectivity index (χ3n) is 6.02. The first-order valence-electron chi connectivity index (χ1n) is 11.3. The largest absolute Gasteiger partial charge is 0.483 e.